The van der Waals surface area contributed by atoms with E-state index in [1.165, 1.54) is 18.4 Å². The average Bonchev–Trinajstić information content (AvgIpc) is 2.98. The van der Waals surface area contributed by atoms with Crippen LogP contribution < -0.4 is 10.6 Å². The van der Waals surface area contributed by atoms with Crippen molar-refractivity contribution in [1.82, 2.24) is 9.80 Å². The number of nitrogens with one attached hydrogen (secondary N) is 1. The summed E-state index contributed by atoms with van der Waals surface area (Å²) in [7, 11) is 1.48. The second kappa shape index (κ2) is 11.8. The van der Waals surface area contributed by atoms with E-state index in [2.05, 4.69) is 63.2 Å². The molecule has 2 aliphatic rings. The lowest BCUT2D eigenvalue weighted by atomic mass is 9.96. The summed E-state index contributed by atoms with van der Waals surface area (Å²) < 4.78 is 5.24. The normalized spacial score (nSPS) is 18.2. The van der Waals surface area contributed by atoms with Crippen LogP contribution in [0.1, 0.15) is 30.0 Å². The summed E-state index contributed by atoms with van der Waals surface area (Å²) in [5.74, 6) is -0.0911. The van der Waals surface area contributed by atoms with E-state index in [0.717, 1.165) is 68.8 Å². The van der Waals surface area contributed by atoms with E-state index >= 15 is 0 Å². The molecule has 0 aromatic heterocycles. The van der Waals surface area contributed by atoms with E-state index < -0.39 is 0 Å². The van der Waals surface area contributed by atoms with Crippen molar-refractivity contribution in [3.63, 3.8) is 0 Å². The molecule has 3 N–H and O–H groups in total. The first-order valence-electron chi connectivity index (χ1n) is 13.4. The summed E-state index contributed by atoms with van der Waals surface area (Å²) in [6.45, 7) is 5.77. The molecular weight excluding hydrogens is 474 g/mol. The fourth-order valence-electron chi connectivity index (χ4n) is 5.80. The molecule has 198 valence electrons. The number of nitrogens with two attached hydrogens (primary N) is 1. The van der Waals surface area contributed by atoms with E-state index in [-0.39, 0.29) is 17.8 Å². The molecule has 7 heteroatoms. The Balaban J connectivity index is 1.17. The summed E-state index contributed by atoms with van der Waals surface area (Å²) in [6.07, 6.45) is 2.09. The molecule has 7 nitrogen and oxygen atoms in total. The number of hydrogen-bond donors (Lipinski definition) is 2. The molecule has 2 fully saturated rings. The maximum absolute atomic E-state index is 12.9. The summed E-state index contributed by atoms with van der Waals surface area (Å²) in [4.78, 5) is 20.2. The number of anilines is 1. The number of methoxy groups -OCH3 is 1. The van der Waals surface area contributed by atoms with Crippen LogP contribution in [0.3, 0.4) is 0 Å². The predicted molar refractivity (Wildman–Crippen MR) is 152 cm³/mol. The lowest BCUT2D eigenvalue weighted by Crippen LogP contribution is -2.54. The number of amidine groups is 1. The van der Waals surface area contributed by atoms with Gasteiger partial charge in [0.1, 0.15) is 11.9 Å². The summed E-state index contributed by atoms with van der Waals surface area (Å²) >= 11 is 0. The smallest absolute Gasteiger partial charge is 0.327 e. The lowest BCUT2D eigenvalue weighted by Gasteiger charge is -2.44. The highest BCUT2D eigenvalue weighted by molar-refractivity contribution is 5.95. The van der Waals surface area contributed by atoms with Crippen LogP contribution in [0.4, 0.5) is 5.69 Å². The molecule has 5 rings (SSSR count). The van der Waals surface area contributed by atoms with Gasteiger partial charge in [-0.1, -0.05) is 54.6 Å². The van der Waals surface area contributed by atoms with Gasteiger partial charge in [0.2, 0.25) is 0 Å². The minimum absolute atomic E-state index is 0.103. The topological polar surface area (TPSA) is 85.9 Å². The van der Waals surface area contributed by atoms with Crippen molar-refractivity contribution in [1.29, 1.82) is 5.41 Å². The summed E-state index contributed by atoms with van der Waals surface area (Å²) in [6, 6.07) is 26.8. The molecule has 0 amide bonds. The number of esters is 1. The van der Waals surface area contributed by atoms with Gasteiger partial charge in [-0.15, -0.1) is 0 Å². The van der Waals surface area contributed by atoms with Crippen molar-refractivity contribution in [2.75, 3.05) is 51.3 Å². The second-order valence-corrected chi connectivity index (χ2v) is 10.2. The van der Waals surface area contributed by atoms with Crippen LogP contribution in [0, 0.1) is 5.41 Å². The highest BCUT2D eigenvalue weighted by Crippen LogP contribution is 2.30. The van der Waals surface area contributed by atoms with Gasteiger partial charge in [-0.05, 0) is 53.8 Å². The minimum atomic E-state index is -0.374. The third-order valence-electron chi connectivity index (χ3n) is 8.00. The van der Waals surface area contributed by atoms with Gasteiger partial charge in [-0.3, -0.25) is 15.2 Å². The number of benzene rings is 3. The van der Waals surface area contributed by atoms with Crippen LogP contribution in [-0.2, 0) is 9.53 Å². The molecule has 38 heavy (non-hydrogen) atoms. The Labute approximate surface area is 225 Å². The minimum Gasteiger partial charge on any atom is -0.468 e. The van der Waals surface area contributed by atoms with Crippen molar-refractivity contribution in [2.45, 2.75) is 24.9 Å². The lowest BCUT2D eigenvalue weighted by molar-refractivity contribution is -0.148. The first kappa shape index (κ1) is 25.9. The SMILES string of the molecule is COC(=O)C(c1ccc(-c2ccccc2)cc1)N1CCC(N2CCN(c3ccc(C(=N)N)cc3)CC2)CC1. The zero-order chi connectivity index (χ0) is 26.5. The van der Waals surface area contributed by atoms with Crippen LogP contribution >= 0.6 is 0 Å². The number of carbonyl (C=O) groups excluding carboxylic acids is 1. The molecular formula is C31H37N5O2. The number of nitrogens with zero attached hydrogens (tertiary/aromatic N) is 3. The zero-order valence-electron chi connectivity index (χ0n) is 22.1. The summed E-state index contributed by atoms with van der Waals surface area (Å²) in [5.41, 5.74) is 10.8. The molecule has 0 saturated carbocycles. The standard InChI is InChI=1S/C31H37N5O2/c1-38-31(37)29(25-9-7-24(8-10-25)23-5-3-2-4-6-23)36-17-15-28(16-18-36)35-21-19-34(20-22-35)27-13-11-26(12-14-27)30(32)33/h2-14,28-29H,15-22H2,1H3,(H3,32,33). The van der Waals surface area contributed by atoms with Crippen molar-refractivity contribution in [2.24, 2.45) is 5.73 Å². The van der Waals surface area contributed by atoms with E-state index in [9.17, 15) is 4.79 Å². The van der Waals surface area contributed by atoms with Crippen molar-refractivity contribution >= 4 is 17.5 Å². The fourth-order valence-corrected chi connectivity index (χ4v) is 5.80. The Bertz CT molecular complexity index is 1210. The molecule has 0 radical (unpaired) electrons. The average molecular weight is 512 g/mol. The Morgan fingerprint density at radius 3 is 2.03 bits per heavy atom. The van der Waals surface area contributed by atoms with Crippen LogP contribution in [0.25, 0.3) is 11.1 Å². The van der Waals surface area contributed by atoms with Gasteiger partial charge in [-0.2, -0.15) is 0 Å². The van der Waals surface area contributed by atoms with Crippen molar-refractivity contribution in [3.8, 4) is 11.1 Å². The number of likely N-dealkylation sites (tertiary alicyclic amines) is 1. The first-order chi connectivity index (χ1) is 18.5. The molecule has 2 saturated heterocycles. The molecule has 0 spiro atoms. The number of nitrogen functional groups attached to an aromatic ring is 1. The first-order valence-corrected chi connectivity index (χ1v) is 13.4. The van der Waals surface area contributed by atoms with Crippen LogP contribution in [0.5, 0.6) is 0 Å². The number of carbonyl (C=O) groups is 1. The molecule has 0 aliphatic carbocycles. The molecule has 2 aliphatic heterocycles. The Kier molecular flexibility index (Phi) is 8.05. The molecule has 1 atom stereocenters. The van der Waals surface area contributed by atoms with E-state index in [1.807, 2.05) is 30.3 Å². The van der Waals surface area contributed by atoms with Gasteiger partial charge in [-0.25, -0.2) is 4.79 Å². The largest absolute Gasteiger partial charge is 0.468 e. The molecule has 3 aromatic carbocycles. The Morgan fingerprint density at radius 2 is 1.45 bits per heavy atom. The predicted octanol–water partition coefficient (Wildman–Crippen LogP) is 4.14. The van der Waals surface area contributed by atoms with Gasteiger partial charge >= 0.3 is 5.97 Å². The quantitative estimate of drug-likeness (QED) is 0.282. The van der Waals surface area contributed by atoms with E-state index in [1.54, 1.807) is 0 Å². The Hall–Kier alpha value is -3.68. The number of hydrogen-bond acceptors (Lipinski definition) is 6. The van der Waals surface area contributed by atoms with Crippen LogP contribution in [0.2, 0.25) is 0 Å². The molecule has 3 aromatic rings. The van der Waals surface area contributed by atoms with E-state index in [0.29, 0.717) is 6.04 Å². The maximum atomic E-state index is 12.9. The number of piperazine rings is 1. The van der Waals surface area contributed by atoms with Crippen LogP contribution in [-0.4, -0.2) is 74.0 Å². The number of piperidine rings is 1. The Morgan fingerprint density at radius 1 is 0.842 bits per heavy atom. The summed E-state index contributed by atoms with van der Waals surface area (Å²) in [5, 5.41) is 7.58. The highest BCUT2D eigenvalue weighted by atomic mass is 16.5. The maximum Gasteiger partial charge on any atom is 0.327 e. The van der Waals surface area contributed by atoms with Gasteiger partial charge in [0.25, 0.3) is 0 Å². The second-order valence-electron chi connectivity index (χ2n) is 10.2. The molecule has 2 heterocycles. The zero-order valence-corrected chi connectivity index (χ0v) is 22.1. The molecule has 1 unspecified atom stereocenters. The highest BCUT2D eigenvalue weighted by Gasteiger charge is 2.34. The van der Waals surface area contributed by atoms with Crippen molar-refractivity contribution in [3.05, 3.63) is 90.0 Å². The van der Waals surface area contributed by atoms with Gasteiger partial charge < -0.3 is 15.4 Å². The van der Waals surface area contributed by atoms with E-state index in [4.69, 9.17) is 15.9 Å². The number of rotatable bonds is 7. The fraction of sp³-hybridized carbons (Fsp3) is 0.355. The van der Waals surface area contributed by atoms with Gasteiger partial charge in [0.05, 0.1) is 7.11 Å². The third kappa shape index (κ3) is 5.74. The third-order valence-corrected chi connectivity index (χ3v) is 8.00. The van der Waals surface area contributed by atoms with Crippen LogP contribution in [0.15, 0.2) is 78.9 Å². The van der Waals surface area contributed by atoms with Crippen molar-refractivity contribution < 1.29 is 9.53 Å². The number of ether oxygens (including phenoxy) is 1. The van der Waals surface area contributed by atoms with Gasteiger partial charge in [0.15, 0.2) is 0 Å². The van der Waals surface area contributed by atoms with Gasteiger partial charge in [0, 0.05) is 56.6 Å². The monoisotopic (exact) mass is 511 g/mol. The molecule has 0 bridgehead atoms.